The second kappa shape index (κ2) is 18.5. The van der Waals surface area contributed by atoms with Crippen LogP contribution in [0.4, 0.5) is 0 Å². The maximum atomic E-state index is 9.70. The molecule has 142 valence electrons. The lowest BCUT2D eigenvalue weighted by molar-refractivity contribution is -0.927. The molecule has 0 saturated heterocycles. The van der Waals surface area contributed by atoms with Crippen molar-refractivity contribution in [3.8, 4) is 0 Å². The second-order valence-electron chi connectivity index (χ2n) is 7.45. The minimum Gasteiger partial charge on any atom is -1.00 e. The van der Waals surface area contributed by atoms with Gasteiger partial charge in [-0.25, -0.2) is 0 Å². The van der Waals surface area contributed by atoms with Crippen LogP contribution in [0.3, 0.4) is 0 Å². The Kier molecular flexibility index (Phi) is 20.5. The number of hydrogen-bond donors (Lipinski definition) is 1. The lowest BCUT2D eigenvalue weighted by Gasteiger charge is -2.32. The van der Waals surface area contributed by atoms with E-state index in [9.17, 15) is 5.11 Å². The molecule has 0 aromatic carbocycles. The molecule has 1 N–H and O–H groups in total. The summed E-state index contributed by atoms with van der Waals surface area (Å²) in [5.41, 5.74) is 0. The average Bonchev–Trinajstić information content (AvgIpc) is 2.53. The Morgan fingerprint density at radius 2 is 0.870 bits per heavy atom. The molecule has 0 aliphatic heterocycles. The van der Waals surface area contributed by atoms with Crippen LogP contribution in [0.2, 0.25) is 0 Å². The fourth-order valence-electron chi connectivity index (χ4n) is 3.15. The monoisotopic (exact) mass is 349 g/mol. The minimum absolute atomic E-state index is 0. The first-order valence-electron chi connectivity index (χ1n) is 10.1. The van der Waals surface area contributed by atoms with Crippen molar-refractivity contribution in [3.63, 3.8) is 0 Å². The van der Waals surface area contributed by atoms with Gasteiger partial charge in [0.1, 0.15) is 0 Å². The van der Waals surface area contributed by atoms with Crippen LogP contribution in [-0.4, -0.2) is 36.5 Å². The molecule has 0 unspecified atom stereocenters. The van der Waals surface area contributed by atoms with Crippen LogP contribution < -0.4 is 12.4 Å². The SMILES string of the molecule is CCCCCCCCC[N+](C)(CO)CCCCCCCCC.[Cl-]. The van der Waals surface area contributed by atoms with Crippen molar-refractivity contribution in [3.05, 3.63) is 0 Å². The molecule has 0 aromatic heterocycles. The smallest absolute Gasteiger partial charge is 0.180 e. The molecule has 0 saturated carbocycles. The first-order chi connectivity index (χ1) is 10.7. The van der Waals surface area contributed by atoms with Crippen molar-refractivity contribution in [2.45, 2.75) is 104 Å². The predicted molar refractivity (Wildman–Crippen MR) is 99.0 cm³/mol. The average molecular weight is 350 g/mol. The topological polar surface area (TPSA) is 20.2 Å². The summed E-state index contributed by atoms with van der Waals surface area (Å²) >= 11 is 0. The molecule has 2 nitrogen and oxygen atoms in total. The van der Waals surface area contributed by atoms with E-state index < -0.39 is 0 Å². The number of hydrogen-bond acceptors (Lipinski definition) is 1. The van der Waals surface area contributed by atoms with E-state index in [1.54, 1.807) is 0 Å². The van der Waals surface area contributed by atoms with Crippen molar-refractivity contribution in [1.29, 1.82) is 0 Å². The lowest BCUT2D eigenvalue weighted by atomic mass is 10.1. The zero-order valence-electron chi connectivity index (χ0n) is 16.3. The van der Waals surface area contributed by atoms with Gasteiger partial charge in [0.25, 0.3) is 0 Å². The normalized spacial score (nSPS) is 11.5. The van der Waals surface area contributed by atoms with E-state index >= 15 is 0 Å². The van der Waals surface area contributed by atoms with E-state index in [0.29, 0.717) is 6.73 Å². The third-order valence-electron chi connectivity index (χ3n) is 4.94. The molecule has 0 fully saturated rings. The quantitative estimate of drug-likeness (QED) is 0.243. The Morgan fingerprint density at radius 1 is 0.565 bits per heavy atom. The van der Waals surface area contributed by atoms with Crippen LogP contribution in [-0.2, 0) is 0 Å². The molecule has 0 aliphatic rings. The fraction of sp³-hybridized carbons (Fsp3) is 1.00. The van der Waals surface area contributed by atoms with Crippen molar-refractivity contribution in [1.82, 2.24) is 0 Å². The van der Waals surface area contributed by atoms with Crippen molar-refractivity contribution in [2.75, 3.05) is 26.9 Å². The second-order valence-corrected chi connectivity index (χ2v) is 7.45. The van der Waals surface area contributed by atoms with E-state index in [4.69, 9.17) is 0 Å². The van der Waals surface area contributed by atoms with Crippen LogP contribution in [0, 0.1) is 0 Å². The third-order valence-corrected chi connectivity index (χ3v) is 4.94. The molecule has 0 radical (unpaired) electrons. The van der Waals surface area contributed by atoms with E-state index in [2.05, 4.69) is 20.9 Å². The van der Waals surface area contributed by atoms with Crippen molar-refractivity contribution < 1.29 is 22.0 Å². The van der Waals surface area contributed by atoms with Crippen LogP contribution in [0.25, 0.3) is 0 Å². The largest absolute Gasteiger partial charge is 1.00 e. The van der Waals surface area contributed by atoms with Crippen LogP contribution in [0.1, 0.15) is 104 Å². The van der Waals surface area contributed by atoms with Crippen LogP contribution in [0.15, 0.2) is 0 Å². The van der Waals surface area contributed by atoms with Gasteiger partial charge in [-0.2, -0.15) is 0 Å². The Labute approximate surface area is 153 Å². The first kappa shape index (κ1) is 25.5. The number of halogens is 1. The molecule has 0 aliphatic carbocycles. The summed E-state index contributed by atoms with van der Waals surface area (Å²) < 4.78 is 0.865. The summed E-state index contributed by atoms with van der Waals surface area (Å²) in [4.78, 5) is 0. The zero-order valence-corrected chi connectivity index (χ0v) is 17.0. The predicted octanol–water partition coefficient (Wildman–Crippen LogP) is 2.89. The molecule has 0 amide bonds. The number of nitrogens with zero attached hydrogens (tertiary/aromatic N) is 1. The molecule has 0 bridgehead atoms. The van der Waals surface area contributed by atoms with Gasteiger partial charge < -0.3 is 22.0 Å². The number of aliphatic hydroxyl groups excluding tert-OH is 1. The summed E-state index contributed by atoms with van der Waals surface area (Å²) in [5, 5.41) is 9.70. The Balaban J connectivity index is 0. The highest BCUT2D eigenvalue weighted by Crippen LogP contribution is 2.13. The van der Waals surface area contributed by atoms with E-state index in [1.165, 1.54) is 89.9 Å². The number of rotatable bonds is 17. The Morgan fingerprint density at radius 3 is 1.17 bits per heavy atom. The summed E-state index contributed by atoms with van der Waals surface area (Å²) in [6.45, 7) is 7.16. The van der Waals surface area contributed by atoms with E-state index in [0.717, 1.165) is 17.6 Å². The van der Waals surface area contributed by atoms with Gasteiger partial charge >= 0.3 is 0 Å². The number of unbranched alkanes of at least 4 members (excludes halogenated alkanes) is 12. The highest BCUT2D eigenvalue weighted by atomic mass is 35.5. The molecule has 0 aromatic rings. The highest BCUT2D eigenvalue weighted by Gasteiger charge is 2.18. The molecule has 23 heavy (non-hydrogen) atoms. The number of quaternary nitrogens is 1. The van der Waals surface area contributed by atoms with Gasteiger partial charge in [0, 0.05) is 0 Å². The molecule has 0 atom stereocenters. The standard InChI is InChI=1S/C20H44NO.ClH/c1-4-6-8-10-12-14-16-18-21(3,20-22)19-17-15-13-11-9-7-5-2;/h22H,4-20H2,1-3H3;1H/q+1;/p-1. The van der Waals surface area contributed by atoms with Gasteiger partial charge in [-0.05, 0) is 25.7 Å². The van der Waals surface area contributed by atoms with Gasteiger partial charge in [0.05, 0.1) is 20.1 Å². The first-order valence-corrected chi connectivity index (χ1v) is 10.1. The van der Waals surface area contributed by atoms with Gasteiger partial charge in [-0.3, -0.25) is 0 Å². The lowest BCUT2D eigenvalue weighted by Crippen LogP contribution is -3.00. The summed E-state index contributed by atoms with van der Waals surface area (Å²) in [7, 11) is 2.23. The van der Waals surface area contributed by atoms with E-state index in [-0.39, 0.29) is 12.4 Å². The fourth-order valence-corrected chi connectivity index (χ4v) is 3.15. The number of aliphatic hydroxyl groups is 1. The Hall–Kier alpha value is 0.210. The van der Waals surface area contributed by atoms with Crippen molar-refractivity contribution >= 4 is 0 Å². The summed E-state index contributed by atoms with van der Waals surface area (Å²) in [5.74, 6) is 0. The molecular formula is C20H44ClNO. The maximum absolute atomic E-state index is 9.70. The molecule has 0 spiro atoms. The zero-order chi connectivity index (χ0) is 16.5. The van der Waals surface area contributed by atoms with Crippen LogP contribution in [0.5, 0.6) is 0 Å². The molecule has 0 rings (SSSR count). The minimum atomic E-state index is 0. The van der Waals surface area contributed by atoms with Gasteiger partial charge in [0.15, 0.2) is 6.73 Å². The van der Waals surface area contributed by atoms with Crippen LogP contribution >= 0.6 is 0 Å². The van der Waals surface area contributed by atoms with E-state index in [1.807, 2.05) is 0 Å². The summed E-state index contributed by atoms with van der Waals surface area (Å²) in [6, 6.07) is 0. The van der Waals surface area contributed by atoms with Gasteiger partial charge in [-0.15, -0.1) is 0 Å². The van der Waals surface area contributed by atoms with Crippen molar-refractivity contribution in [2.24, 2.45) is 0 Å². The Bertz CT molecular complexity index is 206. The third kappa shape index (κ3) is 16.8. The van der Waals surface area contributed by atoms with Gasteiger partial charge in [0.2, 0.25) is 0 Å². The molecular weight excluding hydrogens is 306 g/mol. The van der Waals surface area contributed by atoms with Gasteiger partial charge in [-0.1, -0.05) is 78.1 Å². The molecule has 0 heterocycles. The highest BCUT2D eigenvalue weighted by molar-refractivity contribution is 4.48. The molecule has 3 heteroatoms. The summed E-state index contributed by atoms with van der Waals surface area (Å²) in [6.07, 6.45) is 19.0. The maximum Gasteiger partial charge on any atom is 0.180 e.